The number of Topliss-reactive ketones (excluding diaryl/α,β-unsaturated/α-hetero) is 1. The Morgan fingerprint density at radius 3 is 2.65 bits per heavy atom. The van der Waals surface area contributed by atoms with E-state index in [1.165, 1.54) is 13.2 Å². The number of aliphatic carboxylic acids is 1. The van der Waals surface area contributed by atoms with E-state index in [1.54, 1.807) is 10.6 Å². The fourth-order valence-corrected chi connectivity index (χ4v) is 1.76. The number of nitrogens with zero attached hydrogens (tertiary/aromatic N) is 1. The third-order valence-electron chi connectivity index (χ3n) is 2.64. The molecule has 0 radical (unpaired) electrons. The highest BCUT2D eigenvalue weighted by atomic mass is 16.5. The molecule has 2 aromatic rings. The molecule has 2 rings (SSSR count). The van der Waals surface area contributed by atoms with E-state index in [-0.39, 0.29) is 5.56 Å². The van der Waals surface area contributed by atoms with E-state index in [2.05, 4.69) is 0 Å². The van der Waals surface area contributed by atoms with Crippen LogP contribution in [0.4, 0.5) is 0 Å². The van der Waals surface area contributed by atoms with Crippen LogP contribution in [-0.4, -0.2) is 28.5 Å². The maximum atomic E-state index is 11.4. The van der Waals surface area contributed by atoms with Crippen molar-refractivity contribution in [2.45, 2.75) is 0 Å². The van der Waals surface area contributed by atoms with Gasteiger partial charge in [0.15, 0.2) is 0 Å². The van der Waals surface area contributed by atoms with Gasteiger partial charge in [-0.15, -0.1) is 0 Å². The SMILES string of the molecule is COc1cc(C(=O)C(=O)O)cc2c1ccn2C. The number of rotatable bonds is 3. The number of hydrogen-bond donors (Lipinski definition) is 1. The summed E-state index contributed by atoms with van der Waals surface area (Å²) in [6.07, 6.45) is 1.82. The second-order valence-electron chi connectivity index (χ2n) is 3.67. The maximum absolute atomic E-state index is 11.4. The Balaban J connectivity index is 2.71. The van der Waals surface area contributed by atoms with Gasteiger partial charge in [0, 0.05) is 24.2 Å². The molecule has 0 aliphatic rings. The topological polar surface area (TPSA) is 68.5 Å². The van der Waals surface area contributed by atoms with Crippen LogP contribution in [-0.2, 0) is 11.8 Å². The molecule has 88 valence electrons. The first-order valence-electron chi connectivity index (χ1n) is 4.95. The first kappa shape index (κ1) is 11.2. The van der Waals surface area contributed by atoms with Crippen LogP contribution < -0.4 is 4.74 Å². The van der Waals surface area contributed by atoms with Gasteiger partial charge in [0.25, 0.3) is 5.78 Å². The van der Waals surface area contributed by atoms with E-state index in [4.69, 9.17) is 9.84 Å². The molecule has 0 fully saturated rings. The van der Waals surface area contributed by atoms with Gasteiger partial charge in [0.1, 0.15) is 5.75 Å². The molecule has 17 heavy (non-hydrogen) atoms. The number of benzene rings is 1. The number of aromatic nitrogens is 1. The summed E-state index contributed by atoms with van der Waals surface area (Å²) in [4.78, 5) is 22.1. The van der Waals surface area contributed by atoms with Crippen LogP contribution in [0, 0.1) is 0 Å². The van der Waals surface area contributed by atoms with E-state index < -0.39 is 11.8 Å². The summed E-state index contributed by atoms with van der Waals surface area (Å²) >= 11 is 0. The molecule has 1 aromatic carbocycles. The highest BCUT2D eigenvalue weighted by Gasteiger charge is 2.17. The molecule has 0 bridgehead atoms. The van der Waals surface area contributed by atoms with Crippen LogP contribution in [0.2, 0.25) is 0 Å². The fraction of sp³-hybridized carbons (Fsp3) is 0.167. The highest BCUT2D eigenvalue weighted by molar-refractivity contribution is 6.40. The van der Waals surface area contributed by atoms with E-state index in [0.717, 1.165) is 10.9 Å². The lowest BCUT2D eigenvalue weighted by Gasteiger charge is -2.05. The average molecular weight is 233 g/mol. The summed E-state index contributed by atoms with van der Waals surface area (Å²) < 4.78 is 6.95. The van der Waals surface area contributed by atoms with Crippen LogP contribution in [0.1, 0.15) is 10.4 Å². The predicted octanol–water partition coefficient (Wildman–Crippen LogP) is 1.45. The molecule has 0 aliphatic heterocycles. The summed E-state index contributed by atoms with van der Waals surface area (Å²) in [5.41, 5.74) is 0.873. The van der Waals surface area contributed by atoms with Gasteiger partial charge in [-0.1, -0.05) is 0 Å². The Kier molecular flexibility index (Phi) is 2.59. The summed E-state index contributed by atoms with van der Waals surface area (Å²) in [7, 11) is 3.30. The van der Waals surface area contributed by atoms with E-state index >= 15 is 0 Å². The number of carbonyl (C=O) groups excluding carboxylic acids is 1. The van der Waals surface area contributed by atoms with Crippen LogP contribution >= 0.6 is 0 Å². The molecular weight excluding hydrogens is 222 g/mol. The molecule has 0 aliphatic carbocycles. The summed E-state index contributed by atoms with van der Waals surface area (Å²) in [5.74, 6) is -1.92. The number of ketones is 1. The minimum atomic E-state index is -1.47. The second kappa shape index (κ2) is 3.93. The molecule has 1 heterocycles. The number of carboxylic acids is 1. The Morgan fingerprint density at radius 2 is 2.06 bits per heavy atom. The second-order valence-corrected chi connectivity index (χ2v) is 3.67. The molecule has 5 heteroatoms. The van der Waals surface area contributed by atoms with E-state index in [1.807, 2.05) is 19.3 Å². The average Bonchev–Trinajstić information content (AvgIpc) is 2.69. The molecule has 0 saturated heterocycles. The van der Waals surface area contributed by atoms with E-state index in [0.29, 0.717) is 5.75 Å². The lowest BCUT2D eigenvalue weighted by Crippen LogP contribution is -2.12. The Hall–Kier alpha value is -2.30. The first-order chi connectivity index (χ1) is 8.04. The van der Waals surface area contributed by atoms with Crippen LogP contribution in [0.5, 0.6) is 5.75 Å². The van der Waals surface area contributed by atoms with Crippen molar-refractivity contribution in [3.63, 3.8) is 0 Å². The smallest absolute Gasteiger partial charge is 0.377 e. The number of ether oxygens (including phenoxy) is 1. The van der Waals surface area contributed by atoms with Gasteiger partial charge in [-0.25, -0.2) is 4.79 Å². The van der Waals surface area contributed by atoms with Gasteiger partial charge >= 0.3 is 5.97 Å². The lowest BCUT2D eigenvalue weighted by molar-refractivity contribution is -0.131. The summed E-state index contributed by atoms with van der Waals surface area (Å²) in [5, 5.41) is 9.54. The van der Waals surface area contributed by atoms with Gasteiger partial charge in [0.05, 0.1) is 12.6 Å². The highest BCUT2D eigenvalue weighted by Crippen LogP contribution is 2.28. The van der Waals surface area contributed by atoms with Crippen molar-refractivity contribution < 1.29 is 19.4 Å². The van der Waals surface area contributed by atoms with Crippen molar-refractivity contribution in [2.75, 3.05) is 7.11 Å². The molecule has 0 unspecified atom stereocenters. The van der Waals surface area contributed by atoms with Crippen molar-refractivity contribution in [1.82, 2.24) is 4.57 Å². The zero-order valence-electron chi connectivity index (χ0n) is 9.43. The zero-order valence-corrected chi connectivity index (χ0v) is 9.43. The summed E-state index contributed by atoms with van der Waals surface area (Å²) in [6.45, 7) is 0. The Labute approximate surface area is 97.2 Å². The number of methoxy groups -OCH3 is 1. The monoisotopic (exact) mass is 233 g/mol. The Bertz CT molecular complexity index is 612. The van der Waals surface area contributed by atoms with Crippen LogP contribution in [0.25, 0.3) is 10.9 Å². The van der Waals surface area contributed by atoms with Crippen molar-refractivity contribution >= 4 is 22.7 Å². The molecule has 0 atom stereocenters. The van der Waals surface area contributed by atoms with Crippen molar-refractivity contribution in [1.29, 1.82) is 0 Å². The number of aryl methyl sites for hydroxylation is 1. The Morgan fingerprint density at radius 1 is 1.35 bits per heavy atom. The molecule has 0 amide bonds. The predicted molar refractivity (Wildman–Crippen MR) is 61.4 cm³/mol. The third-order valence-corrected chi connectivity index (χ3v) is 2.64. The quantitative estimate of drug-likeness (QED) is 0.643. The molecule has 0 spiro atoms. The minimum Gasteiger partial charge on any atom is -0.496 e. The number of carbonyl (C=O) groups is 2. The van der Waals surface area contributed by atoms with Crippen molar-refractivity contribution in [3.05, 3.63) is 30.0 Å². The first-order valence-corrected chi connectivity index (χ1v) is 4.95. The third kappa shape index (κ3) is 1.75. The van der Waals surface area contributed by atoms with E-state index in [9.17, 15) is 9.59 Å². The molecule has 5 nitrogen and oxygen atoms in total. The lowest BCUT2D eigenvalue weighted by atomic mass is 10.1. The number of hydrogen-bond acceptors (Lipinski definition) is 3. The van der Waals surface area contributed by atoms with Crippen molar-refractivity contribution in [3.8, 4) is 5.75 Å². The van der Waals surface area contributed by atoms with Gasteiger partial charge in [-0.05, 0) is 18.2 Å². The largest absolute Gasteiger partial charge is 0.496 e. The molecule has 1 aromatic heterocycles. The molecular formula is C12H11NO4. The van der Waals surface area contributed by atoms with Gasteiger partial charge in [-0.2, -0.15) is 0 Å². The normalized spacial score (nSPS) is 10.5. The fourth-order valence-electron chi connectivity index (χ4n) is 1.76. The van der Waals surface area contributed by atoms with Gasteiger partial charge < -0.3 is 14.4 Å². The number of fused-ring (bicyclic) bond motifs is 1. The van der Waals surface area contributed by atoms with Crippen LogP contribution in [0.15, 0.2) is 24.4 Å². The zero-order chi connectivity index (χ0) is 12.6. The van der Waals surface area contributed by atoms with Crippen molar-refractivity contribution in [2.24, 2.45) is 7.05 Å². The van der Waals surface area contributed by atoms with Crippen LogP contribution in [0.3, 0.4) is 0 Å². The summed E-state index contributed by atoms with van der Waals surface area (Å²) in [6, 6.07) is 4.84. The van der Waals surface area contributed by atoms with Gasteiger partial charge in [-0.3, -0.25) is 4.79 Å². The standard InChI is InChI=1S/C12H11NO4/c1-13-4-3-8-9(13)5-7(6-10(8)17-2)11(14)12(15)16/h3-6H,1-2H3,(H,15,16). The van der Waals surface area contributed by atoms with Gasteiger partial charge in [0.2, 0.25) is 0 Å². The molecule has 0 saturated carbocycles. The minimum absolute atomic E-state index is 0.114. The molecule has 1 N–H and O–H groups in total. The number of carboxylic acid groups (broad SMARTS) is 1. The maximum Gasteiger partial charge on any atom is 0.377 e.